The van der Waals surface area contributed by atoms with E-state index in [2.05, 4.69) is 10.3 Å². The summed E-state index contributed by atoms with van der Waals surface area (Å²) < 4.78 is 0. The summed E-state index contributed by atoms with van der Waals surface area (Å²) in [5.41, 5.74) is 0.953. The molecule has 1 atom stereocenters. The number of amides is 2. The minimum atomic E-state index is -0.869. The van der Waals surface area contributed by atoms with Crippen molar-refractivity contribution in [3.05, 3.63) is 11.1 Å². The van der Waals surface area contributed by atoms with E-state index in [1.165, 1.54) is 11.3 Å². The van der Waals surface area contributed by atoms with Crippen molar-refractivity contribution in [3.63, 3.8) is 0 Å². The van der Waals surface area contributed by atoms with Crippen LogP contribution in [0.4, 0.5) is 9.93 Å². The third-order valence-corrected chi connectivity index (χ3v) is 4.15. The van der Waals surface area contributed by atoms with Crippen molar-refractivity contribution in [3.8, 4) is 0 Å². The Morgan fingerprint density at radius 2 is 2.35 bits per heavy atom. The molecule has 0 saturated carbocycles. The number of nitrogens with zero attached hydrogens (tertiary/aromatic N) is 2. The molecule has 1 aliphatic rings. The van der Waals surface area contributed by atoms with Crippen LogP contribution in [0, 0.1) is 0 Å². The van der Waals surface area contributed by atoms with Crippen LogP contribution in [-0.2, 0) is 4.79 Å². The minimum absolute atomic E-state index is 0.00251. The Balaban J connectivity index is 1.98. The van der Waals surface area contributed by atoms with E-state index in [4.69, 9.17) is 5.11 Å². The maximum Gasteiger partial charge on any atom is 0.323 e. The third-order valence-electron chi connectivity index (χ3n) is 3.38. The van der Waals surface area contributed by atoms with E-state index < -0.39 is 5.97 Å². The fourth-order valence-electron chi connectivity index (χ4n) is 2.29. The van der Waals surface area contributed by atoms with Crippen molar-refractivity contribution in [2.45, 2.75) is 45.1 Å². The SMILES string of the molecule is CC(C)c1csc(NC(=O)N2CCCC2CC(=O)O)n1. The number of hydrogen-bond acceptors (Lipinski definition) is 4. The van der Waals surface area contributed by atoms with Crippen molar-refractivity contribution in [2.75, 3.05) is 11.9 Å². The number of anilines is 1. The number of thiazole rings is 1. The Labute approximate surface area is 121 Å². The van der Waals surface area contributed by atoms with Crippen molar-refractivity contribution >= 4 is 28.5 Å². The first-order chi connectivity index (χ1) is 9.47. The maximum absolute atomic E-state index is 12.2. The molecule has 1 aliphatic heterocycles. The van der Waals surface area contributed by atoms with Crippen molar-refractivity contribution in [2.24, 2.45) is 0 Å². The zero-order valence-corrected chi connectivity index (χ0v) is 12.4. The Kier molecular flexibility index (Phi) is 4.59. The molecule has 2 amide bonds. The zero-order valence-electron chi connectivity index (χ0n) is 11.6. The molecule has 7 heteroatoms. The summed E-state index contributed by atoms with van der Waals surface area (Å²) in [6, 6.07) is -0.463. The van der Waals surface area contributed by atoms with Gasteiger partial charge in [-0.05, 0) is 18.8 Å². The summed E-state index contributed by atoms with van der Waals surface area (Å²) in [7, 11) is 0. The van der Waals surface area contributed by atoms with E-state index >= 15 is 0 Å². The van der Waals surface area contributed by atoms with Gasteiger partial charge in [-0.2, -0.15) is 0 Å². The molecule has 1 aromatic rings. The molecule has 2 heterocycles. The number of hydrogen-bond donors (Lipinski definition) is 2. The highest BCUT2D eigenvalue weighted by Crippen LogP contribution is 2.24. The van der Waals surface area contributed by atoms with Gasteiger partial charge in [-0.3, -0.25) is 10.1 Å². The Hall–Kier alpha value is -1.63. The summed E-state index contributed by atoms with van der Waals surface area (Å²) in [6.45, 7) is 4.69. The summed E-state index contributed by atoms with van der Waals surface area (Å²) in [5.74, 6) is -0.547. The number of rotatable bonds is 4. The second-order valence-electron chi connectivity index (χ2n) is 5.25. The second-order valence-corrected chi connectivity index (χ2v) is 6.11. The fourth-order valence-corrected chi connectivity index (χ4v) is 3.15. The number of aromatic nitrogens is 1. The van der Waals surface area contributed by atoms with Crippen molar-refractivity contribution in [1.29, 1.82) is 0 Å². The molecule has 0 aromatic carbocycles. The normalized spacial score (nSPS) is 18.6. The molecule has 6 nitrogen and oxygen atoms in total. The molecule has 1 fully saturated rings. The largest absolute Gasteiger partial charge is 0.481 e. The van der Waals surface area contributed by atoms with Crippen LogP contribution < -0.4 is 5.32 Å². The monoisotopic (exact) mass is 297 g/mol. The Bertz CT molecular complexity index is 501. The quantitative estimate of drug-likeness (QED) is 0.895. The number of aliphatic carboxylic acids is 1. The van der Waals surface area contributed by atoms with Gasteiger partial charge >= 0.3 is 12.0 Å². The molecule has 0 bridgehead atoms. The van der Waals surface area contributed by atoms with Gasteiger partial charge in [0.25, 0.3) is 0 Å². The van der Waals surface area contributed by atoms with Gasteiger partial charge in [0.05, 0.1) is 12.1 Å². The van der Waals surface area contributed by atoms with E-state index in [1.54, 1.807) is 4.90 Å². The molecule has 0 aliphatic carbocycles. The molecule has 2 rings (SSSR count). The molecule has 0 radical (unpaired) electrons. The molecule has 110 valence electrons. The summed E-state index contributed by atoms with van der Waals surface area (Å²) in [6.07, 6.45) is 1.60. The molecular formula is C13H19N3O3S. The number of likely N-dealkylation sites (tertiary alicyclic amines) is 1. The van der Waals surface area contributed by atoms with E-state index in [9.17, 15) is 9.59 Å². The molecule has 1 unspecified atom stereocenters. The number of carboxylic acids is 1. The average Bonchev–Trinajstić information content (AvgIpc) is 2.97. The maximum atomic E-state index is 12.2. The van der Waals surface area contributed by atoms with Crippen LogP contribution in [0.2, 0.25) is 0 Å². The Morgan fingerprint density at radius 3 is 2.95 bits per heavy atom. The predicted octanol–water partition coefficient (Wildman–Crippen LogP) is 2.74. The summed E-state index contributed by atoms with van der Waals surface area (Å²) >= 11 is 1.39. The van der Waals surface area contributed by atoms with Crippen LogP contribution in [0.15, 0.2) is 5.38 Å². The van der Waals surface area contributed by atoms with Crippen LogP contribution in [0.5, 0.6) is 0 Å². The minimum Gasteiger partial charge on any atom is -0.481 e. The highest BCUT2D eigenvalue weighted by Gasteiger charge is 2.30. The number of urea groups is 1. The van der Waals surface area contributed by atoms with Crippen LogP contribution in [0.25, 0.3) is 0 Å². The van der Waals surface area contributed by atoms with Crippen molar-refractivity contribution in [1.82, 2.24) is 9.88 Å². The van der Waals surface area contributed by atoms with E-state index in [0.29, 0.717) is 17.6 Å². The lowest BCUT2D eigenvalue weighted by Gasteiger charge is -2.23. The van der Waals surface area contributed by atoms with Crippen LogP contribution in [0.1, 0.15) is 44.7 Å². The third kappa shape index (κ3) is 3.47. The molecular weight excluding hydrogens is 278 g/mol. The van der Waals surface area contributed by atoms with E-state index in [-0.39, 0.29) is 18.5 Å². The van der Waals surface area contributed by atoms with E-state index in [0.717, 1.165) is 18.5 Å². The first-order valence-electron chi connectivity index (χ1n) is 6.72. The second kappa shape index (κ2) is 6.21. The summed E-state index contributed by atoms with van der Waals surface area (Å²) in [4.78, 5) is 28.9. The molecule has 20 heavy (non-hydrogen) atoms. The van der Waals surface area contributed by atoms with Gasteiger partial charge in [0, 0.05) is 18.0 Å². The average molecular weight is 297 g/mol. The Morgan fingerprint density at radius 1 is 1.60 bits per heavy atom. The standard InChI is InChI=1S/C13H19N3O3S/c1-8(2)10-7-20-12(14-10)15-13(19)16-5-3-4-9(16)6-11(17)18/h7-9H,3-6H2,1-2H3,(H,17,18)(H,14,15,19). The van der Waals surface area contributed by atoms with Gasteiger partial charge in [0.15, 0.2) is 5.13 Å². The zero-order chi connectivity index (χ0) is 14.7. The lowest BCUT2D eigenvalue weighted by Crippen LogP contribution is -2.39. The van der Waals surface area contributed by atoms with Gasteiger partial charge in [0.2, 0.25) is 0 Å². The van der Waals surface area contributed by atoms with Gasteiger partial charge in [-0.15, -0.1) is 11.3 Å². The van der Waals surface area contributed by atoms with Crippen LogP contribution in [0.3, 0.4) is 0 Å². The lowest BCUT2D eigenvalue weighted by atomic mass is 10.1. The fraction of sp³-hybridized carbons (Fsp3) is 0.615. The number of carbonyl (C=O) groups excluding carboxylic acids is 1. The number of carbonyl (C=O) groups is 2. The highest BCUT2D eigenvalue weighted by molar-refractivity contribution is 7.13. The molecule has 1 aromatic heterocycles. The van der Waals surface area contributed by atoms with Gasteiger partial charge in [-0.25, -0.2) is 9.78 Å². The molecule has 0 spiro atoms. The molecule has 2 N–H and O–H groups in total. The number of carboxylic acid groups (broad SMARTS) is 1. The topological polar surface area (TPSA) is 82.5 Å². The van der Waals surface area contributed by atoms with Crippen LogP contribution >= 0.6 is 11.3 Å². The number of nitrogens with one attached hydrogen (secondary N) is 1. The summed E-state index contributed by atoms with van der Waals surface area (Å²) in [5, 5.41) is 14.1. The first kappa shape index (κ1) is 14.8. The van der Waals surface area contributed by atoms with Crippen molar-refractivity contribution < 1.29 is 14.7 Å². The van der Waals surface area contributed by atoms with Gasteiger partial charge in [-0.1, -0.05) is 13.8 Å². The predicted molar refractivity (Wildman–Crippen MR) is 77.2 cm³/mol. The van der Waals surface area contributed by atoms with Gasteiger partial charge < -0.3 is 10.0 Å². The first-order valence-corrected chi connectivity index (χ1v) is 7.60. The van der Waals surface area contributed by atoms with E-state index in [1.807, 2.05) is 19.2 Å². The smallest absolute Gasteiger partial charge is 0.323 e. The van der Waals surface area contributed by atoms with Gasteiger partial charge in [0.1, 0.15) is 0 Å². The lowest BCUT2D eigenvalue weighted by molar-refractivity contribution is -0.137. The highest BCUT2D eigenvalue weighted by atomic mass is 32.1. The molecule has 1 saturated heterocycles. The van der Waals surface area contributed by atoms with Crippen LogP contribution in [-0.4, -0.2) is 39.6 Å².